The number of H-pyrrole nitrogens is 1. The quantitative estimate of drug-likeness (QED) is 0.730. The fraction of sp³-hybridized carbons (Fsp3) is 0.250. The van der Waals surface area contributed by atoms with Crippen molar-refractivity contribution in [2.75, 3.05) is 11.1 Å². The summed E-state index contributed by atoms with van der Waals surface area (Å²) in [6, 6.07) is 5.55. The molecule has 2 rings (SSSR count). The molecule has 0 radical (unpaired) electrons. The molecule has 4 nitrogen and oxygen atoms in total. The molecular weight excluding hydrogens is 236 g/mol. The standard InChI is InChI=1S/C12H15ClN4/c1-2-10(12-15-5-6-16-12)17-11-4-3-8(14)7-9(11)13/h3-7,10,17H,2,14H2,1H3,(H,15,16). The summed E-state index contributed by atoms with van der Waals surface area (Å²) in [7, 11) is 0. The van der Waals surface area contributed by atoms with E-state index in [1.54, 1.807) is 12.3 Å². The van der Waals surface area contributed by atoms with Crippen LogP contribution in [0.3, 0.4) is 0 Å². The van der Waals surface area contributed by atoms with Crippen LogP contribution in [0.1, 0.15) is 25.2 Å². The Hall–Kier alpha value is -1.68. The number of aromatic amines is 1. The molecule has 1 aromatic carbocycles. The van der Waals surface area contributed by atoms with Crippen molar-refractivity contribution in [2.24, 2.45) is 0 Å². The fourth-order valence-electron chi connectivity index (χ4n) is 1.67. The van der Waals surface area contributed by atoms with Gasteiger partial charge in [-0.15, -0.1) is 0 Å². The number of hydrogen-bond acceptors (Lipinski definition) is 3. The summed E-state index contributed by atoms with van der Waals surface area (Å²) in [5.41, 5.74) is 7.18. The van der Waals surface area contributed by atoms with Crippen molar-refractivity contribution >= 4 is 23.0 Å². The van der Waals surface area contributed by atoms with Crippen LogP contribution < -0.4 is 11.1 Å². The summed E-state index contributed by atoms with van der Waals surface area (Å²) in [6.07, 6.45) is 4.46. The molecule has 1 aromatic heterocycles. The molecule has 0 aliphatic carbocycles. The molecule has 0 saturated carbocycles. The summed E-state index contributed by atoms with van der Waals surface area (Å²) < 4.78 is 0. The SMILES string of the molecule is CCC(Nc1ccc(N)cc1Cl)c1ncc[nH]1. The normalized spacial score (nSPS) is 12.4. The van der Waals surface area contributed by atoms with Crippen LogP contribution >= 0.6 is 11.6 Å². The highest BCUT2D eigenvalue weighted by Crippen LogP contribution is 2.28. The van der Waals surface area contributed by atoms with Crippen LogP contribution in [-0.2, 0) is 0 Å². The second-order valence-corrected chi connectivity index (χ2v) is 4.23. The number of imidazole rings is 1. The lowest BCUT2D eigenvalue weighted by molar-refractivity contribution is 0.704. The summed E-state index contributed by atoms with van der Waals surface area (Å²) in [4.78, 5) is 7.34. The molecule has 5 heteroatoms. The van der Waals surface area contributed by atoms with Gasteiger partial charge >= 0.3 is 0 Å². The van der Waals surface area contributed by atoms with E-state index in [1.807, 2.05) is 18.3 Å². The number of nitrogens with two attached hydrogens (primary N) is 1. The highest BCUT2D eigenvalue weighted by Gasteiger charge is 2.12. The minimum atomic E-state index is 0.117. The van der Waals surface area contributed by atoms with Crippen LogP contribution in [0.5, 0.6) is 0 Å². The van der Waals surface area contributed by atoms with E-state index in [1.165, 1.54) is 0 Å². The van der Waals surface area contributed by atoms with Gasteiger partial charge in [-0.25, -0.2) is 4.98 Å². The minimum absolute atomic E-state index is 0.117. The maximum absolute atomic E-state index is 6.12. The number of aromatic nitrogens is 2. The van der Waals surface area contributed by atoms with Gasteiger partial charge in [-0.2, -0.15) is 0 Å². The Kier molecular flexibility index (Phi) is 3.54. The number of halogens is 1. The summed E-state index contributed by atoms with van der Waals surface area (Å²) >= 11 is 6.12. The number of nitrogens with zero attached hydrogens (tertiary/aromatic N) is 1. The first-order chi connectivity index (χ1) is 8.20. The zero-order chi connectivity index (χ0) is 12.3. The zero-order valence-corrected chi connectivity index (χ0v) is 10.3. The molecule has 90 valence electrons. The Balaban J connectivity index is 2.19. The third-order valence-electron chi connectivity index (χ3n) is 2.58. The van der Waals surface area contributed by atoms with E-state index in [2.05, 4.69) is 22.2 Å². The molecular formula is C12H15ClN4. The van der Waals surface area contributed by atoms with Gasteiger partial charge in [-0.05, 0) is 24.6 Å². The topological polar surface area (TPSA) is 66.7 Å². The molecule has 2 aromatic rings. The molecule has 4 N–H and O–H groups in total. The highest BCUT2D eigenvalue weighted by atomic mass is 35.5. The molecule has 1 atom stereocenters. The average molecular weight is 251 g/mol. The van der Waals surface area contributed by atoms with Gasteiger partial charge in [0.15, 0.2) is 0 Å². The van der Waals surface area contributed by atoms with Crippen LogP contribution in [-0.4, -0.2) is 9.97 Å². The van der Waals surface area contributed by atoms with Crippen LogP contribution in [0, 0.1) is 0 Å². The van der Waals surface area contributed by atoms with Gasteiger partial charge in [0.2, 0.25) is 0 Å². The van der Waals surface area contributed by atoms with Crippen molar-refractivity contribution in [1.82, 2.24) is 9.97 Å². The van der Waals surface area contributed by atoms with E-state index in [-0.39, 0.29) is 6.04 Å². The Morgan fingerprint density at radius 2 is 2.35 bits per heavy atom. The van der Waals surface area contributed by atoms with Gasteiger partial charge in [0, 0.05) is 18.1 Å². The van der Waals surface area contributed by atoms with Crippen molar-refractivity contribution in [3.63, 3.8) is 0 Å². The third kappa shape index (κ3) is 2.71. The van der Waals surface area contributed by atoms with E-state index in [9.17, 15) is 0 Å². The Bertz CT molecular complexity index is 481. The monoisotopic (exact) mass is 250 g/mol. The van der Waals surface area contributed by atoms with Crippen LogP contribution in [0.4, 0.5) is 11.4 Å². The Morgan fingerprint density at radius 1 is 1.53 bits per heavy atom. The predicted octanol–water partition coefficient (Wildman–Crippen LogP) is 3.21. The molecule has 0 bridgehead atoms. The second-order valence-electron chi connectivity index (χ2n) is 3.82. The van der Waals surface area contributed by atoms with Crippen LogP contribution in [0.15, 0.2) is 30.6 Å². The number of nitrogen functional groups attached to an aromatic ring is 1. The summed E-state index contributed by atoms with van der Waals surface area (Å²) in [5.74, 6) is 0.903. The predicted molar refractivity (Wildman–Crippen MR) is 71.1 cm³/mol. The first-order valence-electron chi connectivity index (χ1n) is 5.51. The van der Waals surface area contributed by atoms with E-state index in [0.29, 0.717) is 10.7 Å². The van der Waals surface area contributed by atoms with Gasteiger partial charge in [0.25, 0.3) is 0 Å². The van der Waals surface area contributed by atoms with Gasteiger partial charge in [0.1, 0.15) is 5.82 Å². The van der Waals surface area contributed by atoms with E-state index >= 15 is 0 Å². The fourth-order valence-corrected chi connectivity index (χ4v) is 1.91. The summed E-state index contributed by atoms with van der Waals surface area (Å²) in [5, 5.41) is 3.97. The third-order valence-corrected chi connectivity index (χ3v) is 2.89. The number of benzene rings is 1. The first-order valence-corrected chi connectivity index (χ1v) is 5.89. The molecule has 0 aliphatic heterocycles. The van der Waals surface area contributed by atoms with Gasteiger partial charge < -0.3 is 16.0 Å². The molecule has 1 heterocycles. The minimum Gasteiger partial charge on any atom is -0.399 e. The molecule has 0 aliphatic rings. The maximum atomic E-state index is 6.12. The van der Waals surface area contributed by atoms with Crippen LogP contribution in [0.25, 0.3) is 0 Å². The van der Waals surface area contributed by atoms with E-state index in [0.717, 1.165) is 17.9 Å². The van der Waals surface area contributed by atoms with E-state index < -0.39 is 0 Å². The van der Waals surface area contributed by atoms with Crippen molar-refractivity contribution in [2.45, 2.75) is 19.4 Å². The number of rotatable bonds is 4. The Labute approximate surface area is 105 Å². The number of hydrogen-bond donors (Lipinski definition) is 3. The molecule has 0 spiro atoms. The molecule has 0 fully saturated rings. The van der Waals surface area contributed by atoms with Crippen LogP contribution in [0.2, 0.25) is 5.02 Å². The number of anilines is 2. The van der Waals surface area contributed by atoms with Gasteiger partial charge in [0.05, 0.1) is 16.8 Å². The molecule has 1 unspecified atom stereocenters. The lowest BCUT2D eigenvalue weighted by atomic mass is 10.2. The lowest BCUT2D eigenvalue weighted by Gasteiger charge is -2.17. The first kappa shape index (κ1) is 11.8. The zero-order valence-electron chi connectivity index (χ0n) is 9.57. The van der Waals surface area contributed by atoms with Crippen molar-refractivity contribution in [1.29, 1.82) is 0 Å². The molecule has 0 saturated heterocycles. The lowest BCUT2D eigenvalue weighted by Crippen LogP contribution is -2.11. The Morgan fingerprint density at radius 3 is 2.94 bits per heavy atom. The van der Waals surface area contributed by atoms with Crippen molar-refractivity contribution < 1.29 is 0 Å². The summed E-state index contributed by atoms with van der Waals surface area (Å²) in [6.45, 7) is 2.09. The van der Waals surface area contributed by atoms with Gasteiger partial charge in [-0.1, -0.05) is 18.5 Å². The molecule has 17 heavy (non-hydrogen) atoms. The average Bonchev–Trinajstić information content (AvgIpc) is 2.81. The molecule has 0 amide bonds. The maximum Gasteiger partial charge on any atom is 0.128 e. The highest BCUT2D eigenvalue weighted by molar-refractivity contribution is 6.33. The largest absolute Gasteiger partial charge is 0.399 e. The van der Waals surface area contributed by atoms with Crippen molar-refractivity contribution in [3.05, 3.63) is 41.4 Å². The van der Waals surface area contributed by atoms with Gasteiger partial charge in [-0.3, -0.25) is 0 Å². The smallest absolute Gasteiger partial charge is 0.128 e. The van der Waals surface area contributed by atoms with Crippen molar-refractivity contribution in [3.8, 4) is 0 Å². The van der Waals surface area contributed by atoms with E-state index in [4.69, 9.17) is 17.3 Å². The number of nitrogens with one attached hydrogen (secondary N) is 2. The second kappa shape index (κ2) is 5.10.